The Labute approximate surface area is 85.2 Å². The number of benzene rings is 1. The number of H-pyrrole nitrogens is 1. The lowest BCUT2D eigenvalue weighted by molar-refractivity contribution is 1.16. The van der Waals surface area contributed by atoms with Crippen molar-refractivity contribution < 1.29 is 0 Å². The molecule has 0 bridgehead atoms. The number of nitrogens with one attached hydrogen (secondary N) is 1. The van der Waals surface area contributed by atoms with Gasteiger partial charge in [0.1, 0.15) is 11.8 Å². The number of para-hydroxylation sites is 2. The molecule has 0 radical (unpaired) electrons. The van der Waals surface area contributed by atoms with Crippen molar-refractivity contribution in [1.82, 2.24) is 14.4 Å². The lowest BCUT2D eigenvalue weighted by Gasteiger charge is -2.00. The molecule has 1 aromatic carbocycles. The summed E-state index contributed by atoms with van der Waals surface area (Å²) in [5.41, 5.74) is 3.07. The van der Waals surface area contributed by atoms with Crippen molar-refractivity contribution in [3.05, 3.63) is 46.6 Å². The van der Waals surface area contributed by atoms with E-state index in [2.05, 4.69) is 9.97 Å². The fraction of sp³-hybridized carbons (Fsp3) is 0.0909. The van der Waals surface area contributed by atoms with Crippen LogP contribution in [0.25, 0.3) is 16.6 Å². The molecule has 0 unspecified atom stereocenters. The van der Waals surface area contributed by atoms with Gasteiger partial charge in [0.05, 0.1) is 16.7 Å². The second-order valence-electron chi connectivity index (χ2n) is 3.52. The Hall–Kier alpha value is -2.10. The first kappa shape index (κ1) is 8.23. The lowest BCUT2D eigenvalue weighted by atomic mass is 10.3. The van der Waals surface area contributed by atoms with Crippen molar-refractivity contribution in [2.24, 2.45) is 0 Å². The summed E-state index contributed by atoms with van der Waals surface area (Å²) >= 11 is 0. The summed E-state index contributed by atoms with van der Waals surface area (Å²) in [6, 6.07) is 7.67. The van der Waals surface area contributed by atoms with Gasteiger partial charge in [-0.3, -0.25) is 9.20 Å². The highest BCUT2D eigenvalue weighted by molar-refractivity contribution is 5.78. The maximum atomic E-state index is 11.8. The van der Waals surface area contributed by atoms with E-state index in [0.29, 0.717) is 5.52 Å². The topological polar surface area (TPSA) is 50.2 Å². The molecule has 0 aliphatic heterocycles. The zero-order chi connectivity index (χ0) is 10.4. The number of aromatic nitrogens is 3. The van der Waals surface area contributed by atoms with Crippen LogP contribution in [0.2, 0.25) is 0 Å². The van der Waals surface area contributed by atoms with Gasteiger partial charge in [0.25, 0.3) is 5.56 Å². The molecule has 3 aromatic rings. The summed E-state index contributed by atoms with van der Waals surface area (Å²) < 4.78 is 1.82. The van der Waals surface area contributed by atoms with Gasteiger partial charge in [-0.25, -0.2) is 4.98 Å². The van der Waals surface area contributed by atoms with E-state index in [-0.39, 0.29) is 5.56 Å². The molecule has 0 saturated heterocycles. The first-order valence-electron chi connectivity index (χ1n) is 4.72. The number of nitrogens with zero attached hydrogens (tertiary/aromatic N) is 2. The predicted molar refractivity (Wildman–Crippen MR) is 58.1 cm³/mol. The van der Waals surface area contributed by atoms with Crippen molar-refractivity contribution in [3.63, 3.8) is 0 Å². The molecule has 1 N–H and O–H groups in total. The van der Waals surface area contributed by atoms with Crippen LogP contribution < -0.4 is 5.56 Å². The van der Waals surface area contributed by atoms with E-state index >= 15 is 0 Å². The number of imidazole rings is 1. The van der Waals surface area contributed by atoms with Crippen LogP contribution in [0.5, 0.6) is 0 Å². The van der Waals surface area contributed by atoms with Gasteiger partial charge in [-0.05, 0) is 19.1 Å². The van der Waals surface area contributed by atoms with Crippen molar-refractivity contribution in [2.45, 2.75) is 6.92 Å². The molecule has 4 nitrogen and oxygen atoms in total. The number of aryl methyl sites for hydroxylation is 1. The van der Waals surface area contributed by atoms with Crippen molar-refractivity contribution >= 4 is 16.6 Å². The van der Waals surface area contributed by atoms with Crippen LogP contribution in [0.1, 0.15) is 5.69 Å². The molecule has 0 aliphatic rings. The number of hydrogen-bond acceptors (Lipinski definition) is 2. The maximum Gasteiger partial charge on any atom is 0.274 e. The summed E-state index contributed by atoms with van der Waals surface area (Å²) in [5.74, 6) is 0. The van der Waals surface area contributed by atoms with Crippen molar-refractivity contribution in [1.29, 1.82) is 0 Å². The molecule has 0 spiro atoms. The second kappa shape index (κ2) is 2.70. The number of hydrogen-bond donors (Lipinski definition) is 1. The third-order valence-electron chi connectivity index (χ3n) is 2.58. The first-order chi connectivity index (χ1) is 7.27. The van der Waals surface area contributed by atoms with Crippen LogP contribution in [-0.4, -0.2) is 14.4 Å². The summed E-state index contributed by atoms with van der Waals surface area (Å²) in [5, 5.41) is 0. The molecule has 15 heavy (non-hydrogen) atoms. The Kier molecular flexibility index (Phi) is 1.48. The van der Waals surface area contributed by atoms with Crippen LogP contribution in [0.3, 0.4) is 0 Å². The van der Waals surface area contributed by atoms with E-state index < -0.39 is 0 Å². The Morgan fingerprint density at radius 2 is 2.13 bits per heavy atom. The Bertz CT molecular complexity index is 708. The average Bonchev–Trinajstić information content (AvgIpc) is 2.62. The van der Waals surface area contributed by atoms with Gasteiger partial charge in [0, 0.05) is 0 Å². The SMILES string of the molecule is Cc1ncn2c1c(=O)[nH]c1ccccc12. The highest BCUT2D eigenvalue weighted by atomic mass is 16.1. The van der Waals surface area contributed by atoms with Crippen LogP contribution >= 0.6 is 0 Å². The molecule has 2 aromatic heterocycles. The maximum absolute atomic E-state index is 11.8. The molecule has 2 heterocycles. The average molecular weight is 199 g/mol. The van der Waals surface area contributed by atoms with Crippen LogP contribution in [0.4, 0.5) is 0 Å². The van der Waals surface area contributed by atoms with Crippen LogP contribution in [-0.2, 0) is 0 Å². The number of aromatic amines is 1. The van der Waals surface area contributed by atoms with E-state index in [1.54, 1.807) is 6.33 Å². The van der Waals surface area contributed by atoms with Crippen LogP contribution in [0.15, 0.2) is 35.4 Å². The zero-order valence-electron chi connectivity index (χ0n) is 8.19. The summed E-state index contributed by atoms with van der Waals surface area (Å²) in [6.45, 7) is 1.83. The third kappa shape index (κ3) is 1.01. The minimum atomic E-state index is -0.0938. The standard InChI is InChI=1S/C11H9N3O/c1-7-10-11(15)13-8-4-2-3-5-9(8)14(10)6-12-7/h2-6H,1H3,(H,13,15). The van der Waals surface area contributed by atoms with Gasteiger partial charge in [-0.1, -0.05) is 12.1 Å². The van der Waals surface area contributed by atoms with Crippen LogP contribution in [0, 0.1) is 6.92 Å². The van der Waals surface area contributed by atoms with E-state index in [1.165, 1.54) is 0 Å². The molecule has 0 fully saturated rings. The summed E-state index contributed by atoms with van der Waals surface area (Å²) in [7, 11) is 0. The summed E-state index contributed by atoms with van der Waals surface area (Å²) in [4.78, 5) is 18.8. The molecule has 3 rings (SSSR count). The molecule has 0 atom stereocenters. The van der Waals surface area contributed by atoms with E-state index in [4.69, 9.17) is 0 Å². The highest BCUT2D eigenvalue weighted by Gasteiger charge is 2.07. The fourth-order valence-electron chi connectivity index (χ4n) is 1.86. The Morgan fingerprint density at radius 3 is 3.00 bits per heavy atom. The smallest absolute Gasteiger partial charge is 0.274 e. The molecule has 4 heteroatoms. The first-order valence-corrected chi connectivity index (χ1v) is 4.72. The predicted octanol–water partition coefficient (Wildman–Crippen LogP) is 1.48. The quantitative estimate of drug-likeness (QED) is 0.596. The molecule has 0 aliphatic carbocycles. The molecular formula is C11H9N3O. The number of fused-ring (bicyclic) bond motifs is 3. The van der Waals surface area contributed by atoms with Crippen molar-refractivity contribution in [3.8, 4) is 0 Å². The number of rotatable bonds is 0. The normalized spacial score (nSPS) is 11.3. The third-order valence-corrected chi connectivity index (χ3v) is 2.58. The zero-order valence-corrected chi connectivity index (χ0v) is 8.19. The highest BCUT2D eigenvalue weighted by Crippen LogP contribution is 2.12. The minimum absolute atomic E-state index is 0.0938. The molecule has 74 valence electrons. The largest absolute Gasteiger partial charge is 0.319 e. The monoisotopic (exact) mass is 199 g/mol. The molecular weight excluding hydrogens is 190 g/mol. The fourth-order valence-corrected chi connectivity index (χ4v) is 1.86. The minimum Gasteiger partial charge on any atom is -0.319 e. The van der Waals surface area contributed by atoms with E-state index in [9.17, 15) is 4.79 Å². The van der Waals surface area contributed by atoms with Gasteiger partial charge in [-0.15, -0.1) is 0 Å². The lowest BCUT2D eigenvalue weighted by Crippen LogP contribution is -2.10. The van der Waals surface area contributed by atoms with Crippen molar-refractivity contribution in [2.75, 3.05) is 0 Å². The van der Waals surface area contributed by atoms with E-state index in [1.807, 2.05) is 35.6 Å². The Morgan fingerprint density at radius 1 is 1.33 bits per heavy atom. The Balaban J connectivity index is 2.71. The molecule has 0 amide bonds. The van der Waals surface area contributed by atoms with Gasteiger partial charge in [-0.2, -0.15) is 0 Å². The van der Waals surface area contributed by atoms with Gasteiger partial charge >= 0.3 is 0 Å². The van der Waals surface area contributed by atoms with Gasteiger partial charge in [0.15, 0.2) is 0 Å². The molecule has 0 saturated carbocycles. The van der Waals surface area contributed by atoms with Gasteiger partial charge in [0.2, 0.25) is 0 Å². The second-order valence-corrected chi connectivity index (χ2v) is 3.52. The van der Waals surface area contributed by atoms with E-state index in [0.717, 1.165) is 16.7 Å². The van der Waals surface area contributed by atoms with Gasteiger partial charge < -0.3 is 4.98 Å². The summed E-state index contributed by atoms with van der Waals surface area (Å²) in [6.07, 6.45) is 1.68.